The Hall–Kier alpha value is -3.07. The van der Waals surface area contributed by atoms with Crippen molar-refractivity contribution in [2.24, 2.45) is 0 Å². The second-order valence-corrected chi connectivity index (χ2v) is 13.0. The molecule has 0 radical (unpaired) electrons. The molecule has 3 aromatic rings. The molecule has 0 unspecified atom stereocenters. The topological polar surface area (TPSA) is 86.8 Å². The van der Waals surface area contributed by atoms with Crippen LogP contribution in [0.1, 0.15) is 42.5 Å². The summed E-state index contributed by atoms with van der Waals surface area (Å²) in [5.41, 5.74) is 3.39. The van der Waals surface area contributed by atoms with Gasteiger partial charge in [0.15, 0.2) is 0 Å². The van der Waals surface area contributed by atoms with Crippen molar-refractivity contribution < 1.29 is 18.0 Å². The molecule has 0 bridgehead atoms. The van der Waals surface area contributed by atoms with Crippen LogP contribution in [0.5, 0.6) is 0 Å². The molecule has 0 aliphatic rings. The first kappa shape index (κ1) is 32.4. The quantitative estimate of drug-likeness (QED) is 0.273. The minimum absolute atomic E-state index is 0.0193. The Bertz CT molecular complexity index is 1460. The summed E-state index contributed by atoms with van der Waals surface area (Å²) in [6.45, 7) is 7.00. The zero-order valence-corrected chi connectivity index (χ0v) is 26.4. The Labute approximate surface area is 253 Å². The zero-order chi connectivity index (χ0) is 30.3. The number of hydrogen-bond donors (Lipinski definition) is 1. The Balaban J connectivity index is 2.12. The molecule has 2 amide bonds. The molecular formula is C31H37Cl2N3O4S. The van der Waals surface area contributed by atoms with Crippen LogP contribution in [0.3, 0.4) is 0 Å². The van der Waals surface area contributed by atoms with E-state index >= 15 is 0 Å². The van der Waals surface area contributed by atoms with Crippen LogP contribution in [0.25, 0.3) is 0 Å². The smallest absolute Gasteiger partial charge is 0.244 e. The number of nitrogens with one attached hydrogen (secondary N) is 1. The van der Waals surface area contributed by atoms with Crippen LogP contribution in [0.4, 0.5) is 5.69 Å². The fraction of sp³-hybridized carbons (Fsp3) is 0.355. The van der Waals surface area contributed by atoms with E-state index in [1.165, 1.54) is 4.90 Å². The first-order valence-corrected chi connectivity index (χ1v) is 16.0. The standard InChI is InChI=1S/C31H37Cl2N3O4S/c1-6-23(4)34-31(38)28(18-24-13-8-7-9-14-24)35(19-25-15-16-26(32)27(33)17-25)29(37)20-36(41(5,39)40)30-21(2)11-10-12-22(30)3/h7-17,23,28H,6,18-20H2,1-5H3,(H,34,38)/t23-,28+/m1/s1. The molecule has 7 nitrogen and oxygen atoms in total. The van der Waals surface area contributed by atoms with Gasteiger partial charge in [0, 0.05) is 19.0 Å². The average molecular weight is 619 g/mol. The van der Waals surface area contributed by atoms with Gasteiger partial charge in [-0.05, 0) is 61.6 Å². The highest BCUT2D eigenvalue weighted by Gasteiger charge is 2.34. The summed E-state index contributed by atoms with van der Waals surface area (Å²) in [4.78, 5) is 29.4. The van der Waals surface area contributed by atoms with Gasteiger partial charge in [-0.3, -0.25) is 13.9 Å². The van der Waals surface area contributed by atoms with Gasteiger partial charge in [0.25, 0.3) is 0 Å². The third-order valence-corrected chi connectivity index (χ3v) is 8.83. The summed E-state index contributed by atoms with van der Waals surface area (Å²) in [5.74, 6) is -0.848. The number of aryl methyl sites for hydroxylation is 2. The van der Waals surface area contributed by atoms with E-state index in [2.05, 4.69) is 5.32 Å². The SMILES string of the molecule is CC[C@@H](C)NC(=O)[C@H](Cc1ccccc1)N(Cc1ccc(Cl)c(Cl)c1)C(=O)CN(c1c(C)cccc1C)S(C)(=O)=O. The normalized spacial score (nSPS) is 12.9. The lowest BCUT2D eigenvalue weighted by Crippen LogP contribution is -2.54. The van der Waals surface area contributed by atoms with Crippen LogP contribution >= 0.6 is 23.2 Å². The maximum Gasteiger partial charge on any atom is 0.244 e. The Morgan fingerprint density at radius 3 is 2.10 bits per heavy atom. The molecule has 0 heterocycles. The van der Waals surface area contributed by atoms with Gasteiger partial charge in [-0.15, -0.1) is 0 Å². The van der Waals surface area contributed by atoms with Crippen LogP contribution in [0.2, 0.25) is 10.0 Å². The van der Waals surface area contributed by atoms with Gasteiger partial charge in [-0.25, -0.2) is 8.42 Å². The molecule has 0 saturated carbocycles. The summed E-state index contributed by atoms with van der Waals surface area (Å²) in [6.07, 6.45) is 2.02. The molecule has 10 heteroatoms. The first-order valence-electron chi connectivity index (χ1n) is 13.4. The fourth-order valence-corrected chi connectivity index (χ4v) is 5.89. The number of nitrogens with zero attached hydrogens (tertiary/aromatic N) is 2. The third kappa shape index (κ3) is 8.71. The van der Waals surface area contributed by atoms with Crippen LogP contribution in [0.15, 0.2) is 66.7 Å². The number of carbonyl (C=O) groups is 2. The van der Waals surface area contributed by atoms with Gasteiger partial charge in [0.1, 0.15) is 12.6 Å². The molecule has 0 aromatic heterocycles. The van der Waals surface area contributed by atoms with Crippen molar-refractivity contribution >= 4 is 50.7 Å². The fourth-order valence-electron chi connectivity index (χ4n) is 4.60. The van der Waals surface area contributed by atoms with E-state index in [-0.39, 0.29) is 24.9 Å². The number of benzene rings is 3. The van der Waals surface area contributed by atoms with Gasteiger partial charge in [0.2, 0.25) is 21.8 Å². The van der Waals surface area contributed by atoms with E-state index in [9.17, 15) is 18.0 Å². The number of anilines is 1. The number of amides is 2. The number of carbonyl (C=O) groups excluding carboxylic acids is 2. The van der Waals surface area contributed by atoms with E-state index in [1.54, 1.807) is 44.2 Å². The highest BCUT2D eigenvalue weighted by molar-refractivity contribution is 7.92. The van der Waals surface area contributed by atoms with Crippen molar-refractivity contribution in [3.63, 3.8) is 0 Å². The molecule has 0 spiro atoms. The number of halogens is 2. The van der Waals surface area contributed by atoms with E-state index in [0.29, 0.717) is 27.7 Å². The van der Waals surface area contributed by atoms with E-state index in [4.69, 9.17) is 23.2 Å². The average Bonchev–Trinajstić information content (AvgIpc) is 2.91. The highest BCUT2D eigenvalue weighted by Crippen LogP contribution is 2.28. The number of para-hydroxylation sites is 1. The molecule has 0 saturated heterocycles. The number of sulfonamides is 1. The van der Waals surface area contributed by atoms with Crippen molar-refractivity contribution in [3.8, 4) is 0 Å². The summed E-state index contributed by atoms with van der Waals surface area (Å²) in [7, 11) is -3.86. The molecule has 2 atom stereocenters. The predicted molar refractivity (Wildman–Crippen MR) is 167 cm³/mol. The van der Waals surface area contributed by atoms with Crippen molar-refractivity contribution in [1.29, 1.82) is 0 Å². The first-order chi connectivity index (χ1) is 19.3. The zero-order valence-electron chi connectivity index (χ0n) is 24.0. The maximum atomic E-state index is 14.2. The monoisotopic (exact) mass is 617 g/mol. The maximum absolute atomic E-state index is 14.2. The highest BCUT2D eigenvalue weighted by atomic mass is 35.5. The summed E-state index contributed by atoms with van der Waals surface area (Å²) >= 11 is 12.4. The van der Waals surface area contributed by atoms with E-state index < -0.39 is 28.5 Å². The molecule has 0 aliphatic heterocycles. The molecule has 0 aliphatic carbocycles. The van der Waals surface area contributed by atoms with Crippen molar-refractivity contribution in [1.82, 2.24) is 10.2 Å². The number of rotatable bonds is 12. The van der Waals surface area contributed by atoms with Gasteiger partial charge in [0.05, 0.1) is 22.0 Å². The van der Waals surface area contributed by atoms with Crippen molar-refractivity contribution in [2.45, 2.75) is 59.2 Å². The molecule has 220 valence electrons. The Morgan fingerprint density at radius 2 is 1.54 bits per heavy atom. The summed E-state index contributed by atoms with van der Waals surface area (Å²) in [6, 6.07) is 18.8. The van der Waals surface area contributed by atoms with Crippen LogP contribution in [0, 0.1) is 13.8 Å². The summed E-state index contributed by atoms with van der Waals surface area (Å²) < 4.78 is 27.2. The number of hydrogen-bond acceptors (Lipinski definition) is 4. The second kappa shape index (κ2) is 14.2. The van der Waals surface area contributed by atoms with E-state index in [1.807, 2.05) is 50.2 Å². The van der Waals surface area contributed by atoms with Gasteiger partial charge in [-0.2, -0.15) is 0 Å². The molecule has 3 aromatic carbocycles. The Morgan fingerprint density at radius 1 is 0.902 bits per heavy atom. The van der Waals surface area contributed by atoms with Crippen molar-refractivity contribution in [2.75, 3.05) is 17.1 Å². The Kier molecular flexibility index (Phi) is 11.2. The van der Waals surface area contributed by atoms with E-state index in [0.717, 1.165) is 27.3 Å². The molecule has 3 rings (SSSR count). The van der Waals surface area contributed by atoms with Gasteiger partial charge >= 0.3 is 0 Å². The lowest BCUT2D eigenvalue weighted by Gasteiger charge is -2.34. The van der Waals surface area contributed by atoms with Gasteiger partial charge < -0.3 is 10.2 Å². The van der Waals surface area contributed by atoms with Crippen molar-refractivity contribution in [3.05, 3.63) is 99.0 Å². The molecule has 0 fully saturated rings. The predicted octanol–water partition coefficient (Wildman–Crippen LogP) is 5.93. The second-order valence-electron chi connectivity index (χ2n) is 10.3. The largest absolute Gasteiger partial charge is 0.352 e. The lowest BCUT2D eigenvalue weighted by molar-refractivity contribution is -0.140. The third-order valence-electron chi connectivity index (χ3n) is 6.98. The van der Waals surface area contributed by atoms with Gasteiger partial charge in [-0.1, -0.05) is 84.7 Å². The lowest BCUT2D eigenvalue weighted by atomic mass is 10.0. The van der Waals surface area contributed by atoms with Crippen LogP contribution in [-0.4, -0.2) is 50.0 Å². The minimum atomic E-state index is -3.86. The van der Waals surface area contributed by atoms with Crippen LogP contribution in [-0.2, 0) is 32.6 Å². The molecule has 41 heavy (non-hydrogen) atoms. The summed E-state index contributed by atoms with van der Waals surface area (Å²) in [5, 5.41) is 3.69. The van der Waals surface area contributed by atoms with Crippen LogP contribution < -0.4 is 9.62 Å². The minimum Gasteiger partial charge on any atom is -0.352 e. The molecule has 1 N–H and O–H groups in total. The molecular weight excluding hydrogens is 581 g/mol.